The van der Waals surface area contributed by atoms with Crippen LogP contribution in [0, 0.1) is 0 Å². The molecule has 0 aromatic heterocycles. The summed E-state index contributed by atoms with van der Waals surface area (Å²) in [7, 11) is 3.68. The molecule has 15 heavy (non-hydrogen) atoms. The molecule has 0 bridgehead atoms. The van der Waals surface area contributed by atoms with E-state index in [-0.39, 0.29) is 0 Å². The molecule has 0 atom stereocenters. The lowest BCUT2D eigenvalue weighted by atomic mass is 10.1. The Balaban J connectivity index is 3.02. The van der Waals surface area contributed by atoms with Crippen LogP contribution in [0.5, 0.6) is 5.75 Å². The highest BCUT2D eigenvalue weighted by atomic mass is 79.9. The number of halogens is 1. The van der Waals surface area contributed by atoms with Crippen LogP contribution in [-0.4, -0.2) is 20.7 Å². The maximum atomic E-state index is 5.40. The van der Waals surface area contributed by atoms with Gasteiger partial charge < -0.3 is 10.1 Å². The molecule has 1 aromatic rings. The summed E-state index contributed by atoms with van der Waals surface area (Å²) in [5, 5.41) is 3.15. The van der Waals surface area contributed by atoms with Gasteiger partial charge >= 0.3 is 0 Å². The molecule has 1 rings (SSSR count). The minimum Gasteiger partial charge on any atom is -0.495 e. The first-order chi connectivity index (χ1) is 7.22. The topological polar surface area (TPSA) is 21.3 Å². The lowest BCUT2D eigenvalue weighted by Crippen LogP contribution is -2.11. The minimum atomic E-state index is 0.961. The Hall–Kier alpha value is -0.540. The van der Waals surface area contributed by atoms with Crippen LogP contribution in [0.15, 0.2) is 16.6 Å². The zero-order valence-corrected chi connectivity index (χ0v) is 11.1. The SMILES string of the molecule is CCc1cc(Br)c(OC)c(CCNC)c1. The number of aryl methyl sites for hydroxylation is 1. The number of hydrogen-bond acceptors (Lipinski definition) is 2. The number of hydrogen-bond donors (Lipinski definition) is 1. The summed E-state index contributed by atoms with van der Waals surface area (Å²) >= 11 is 3.55. The highest BCUT2D eigenvalue weighted by Gasteiger charge is 2.08. The second-order valence-electron chi connectivity index (χ2n) is 3.48. The Morgan fingerprint density at radius 2 is 2.13 bits per heavy atom. The summed E-state index contributed by atoms with van der Waals surface area (Å²) < 4.78 is 6.45. The predicted octanol–water partition coefficient (Wildman–Crippen LogP) is 2.78. The third-order valence-corrected chi connectivity index (χ3v) is 3.03. The first-order valence-electron chi connectivity index (χ1n) is 5.22. The Morgan fingerprint density at radius 3 is 2.67 bits per heavy atom. The molecule has 2 nitrogen and oxygen atoms in total. The van der Waals surface area contributed by atoms with Gasteiger partial charge in [-0.15, -0.1) is 0 Å². The summed E-state index contributed by atoms with van der Waals surface area (Å²) in [6.45, 7) is 3.13. The first-order valence-corrected chi connectivity index (χ1v) is 6.02. The van der Waals surface area contributed by atoms with E-state index in [1.165, 1.54) is 11.1 Å². The maximum absolute atomic E-state index is 5.40. The van der Waals surface area contributed by atoms with Gasteiger partial charge in [0.25, 0.3) is 0 Å². The number of likely N-dealkylation sites (N-methyl/N-ethyl adjacent to an activating group) is 1. The van der Waals surface area contributed by atoms with E-state index in [4.69, 9.17) is 4.74 Å². The number of ether oxygens (including phenoxy) is 1. The van der Waals surface area contributed by atoms with Crippen molar-refractivity contribution >= 4 is 15.9 Å². The molecule has 0 heterocycles. The van der Waals surface area contributed by atoms with E-state index in [1.807, 2.05) is 7.05 Å². The van der Waals surface area contributed by atoms with E-state index in [2.05, 4.69) is 40.3 Å². The van der Waals surface area contributed by atoms with Crippen LogP contribution in [0.3, 0.4) is 0 Å². The maximum Gasteiger partial charge on any atom is 0.136 e. The van der Waals surface area contributed by atoms with E-state index < -0.39 is 0 Å². The zero-order chi connectivity index (χ0) is 11.3. The molecular weight excluding hydrogens is 254 g/mol. The summed E-state index contributed by atoms with van der Waals surface area (Å²) in [5.41, 5.74) is 2.60. The molecule has 1 aromatic carbocycles. The number of nitrogens with one attached hydrogen (secondary N) is 1. The van der Waals surface area contributed by atoms with Gasteiger partial charge in [0.05, 0.1) is 11.6 Å². The van der Waals surface area contributed by atoms with Gasteiger partial charge in [-0.05, 0) is 59.6 Å². The minimum absolute atomic E-state index is 0.961. The lowest BCUT2D eigenvalue weighted by Gasteiger charge is -2.12. The van der Waals surface area contributed by atoms with Gasteiger partial charge in [-0.1, -0.05) is 13.0 Å². The Labute approximate surface area is 100 Å². The van der Waals surface area contributed by atoms with Gasteiger partial charge in [0.2, 0.25) is 0 Å². The first kappa shape index (κ1) is 12.5. The van der Waals surface area contributed by atoms with E-state index in [1.54, 1.807) is 7.11 Å². The van der Waals surface area contributed by atoms with E-state index in [0.29, 0.717) is 0 Å². The molecule has 1 N–H and O–H groups in total. The van der Waals surface area contributed by atoms with Crippen LogP contribution >= 0.6 is 15.9 Å². The molecule has 0 spiro atoms. The third kappa shape index (κ3) is 3.21. The fourth-order valence-electron chi connectivity index (χ4n) is 1.59. The molecule has 0 aliphatic carbocycles. The van der Waals surface area contributed by atoms with Gasteiger partial charge in [-0.3, -0.25) is 0 Å². The van der Waals surface area contributed by atoms with Crippen molar-refractivity contribution in [3.05, 3.63) is 27.7 Å². The standard InChI is InChI=1S/C12H18BrNO/c1-4-9-7-10(5-6-14-2)12(15-3)11(13)8-9/h7-8,14H,4-6H2,1-3H3. The molecule has 0 saturated carbocycles. The zero-order valence-electron chi connectivity index (χ0n) is 9.56. The van der Waals surface area contributed by atoms with Crippen molar-refractivity contribution in [2.75, 3.05) is 20.7 Å². The highest BCUT2D eigenvalue weighted by Crippen LogP contribution is 2.31. The normalized spacial score (nSPS) is 10.4. The monoisotopic (exact) mass is 271 g/mol. The summed E-state index contributed by atoms with van der Waals surface area (Å²) in [6, 6.07) is 4.35. The van der Waals surface area contributed by atoms with Crippen molar-refractivity contribution in [1.29, 1.82) is 0 Å². The Morgan fingerprint density at radius 1 is 1.40 bits per heavy atom. The number of benzene rings is 1. The van der Waals surface area contributed by atoms with Gasteiger partial charge in [0.1, 0.15) is 5.75 Å². The van der Waals surface area contributed by atoms with Crippen molar-refractivity contribution < 1.29 is 4.74 Å². The van der Waals surface area contributed by atoms with Crippen LogP contribution in [0.2, 0.25) is 0 Å². The average molecular weight is 272 g/mol. The second-order valence-corrected chi connectivity index (χ2v) is 4.33. The third-order valence-electron chi connectivity index (χ3n) is 2.44. The van der Waals surface area contributed by atoms with Crippen LogP contribution in [0.1, 0.15) is 18.1 Å². The van der Waals surface area contributed by atoms with Gasteiger partial charge in [-0.2, -0.15) is 0 Å². The smallest absolute Gasteiger partial charge is 0.136 e. The molecule has 84 valence electrons. The number of methoxy groups -OCH3 is 1. The van der Waals surface area contributed by atoms with Crippen LogP contribution in [0.4, 0.5) is 0 Å². The number of rotatable bonds is 5. The molecule has 3 heteroatoms. The summed E-state index contributed by atoms with van der Waals surface area (Å²) in [4.78, 5) is 0. The van der Waals surface area contributed by atoms with Gasteiger partial charge in [0.15, 0.2) is 0 Å². The Kier molecular flexibility index (Phi) is 5.12. The fraction of sp³-hybridized carbons (Fsp3) is 0.500. The largest absolute Gasteiger partial charge is 0.495 e. The summed E-state index contributed by atoms with van der Waals surface area (Å²) in [5.74, 6) is 0.961. The quantitative estimate of drug-likeness (QED) is 0.890. The molecule has 0 saturated heterocycles. The van der Waals surface area contributed by atoms with Crippen molar-refractivity contribution in [2.45, 2.75) is 19.8 Å². The fourth-order valence-corrected chi connectivity index (χ4v) is 2.30. The van der Waals surface area contributed by atoms with E-state index in [9.17, 15) is 0 Å². The molecule has 0 unspecified atom stereocenters. The van der Waals surface area contributed by atoms with Gasteiger partial charge in [-0.25, -0.2) is 0 Å². The van der Waals surface area contributed by atoms with Crippen molar-refractivity contribution in [1.82, 2.24) is 5.32 Å². The summed E-state index contributed by atoms with van der Waals surface area (Å²) in [6.07, 6.45) is 2.04. The van der Waals surface area contributed by atoms with Crippen molar-refractivity contribution in [3.8, 4) is 5.75 Å². The molecule has 0 fully saturated rings. The molecule has 0 amide bonds. The average Bonchev–Trinajstić information content (AvgIpc) is 2.25. The second kappa shape index (κ2) is 6.13. The molecule has 0 aliphatic rings. The van der Waals surface area contributed by atoms with Crippen molar-refractivity contribution in [3.63, 3.8) is 0 Å². The van der Waals surface area contributed by atoms with Gasteiger partial charge in [0, 0.05) is 0 Å². The predicted molar refractivity (Wildman–Crippen MR) is 67.7 cm³/mol. The van der Waals surface area contributed by atoms with Crippen molar-refractivity contribution in [2.24, 2.45) is 0 Å². The van der Waals surface area contributed by atoms with Crippen LogP contribution in [-0.2, 0) is 12.8 Å². The van der Waals surface area contributed by atoms with E-state index in [0.717, 1.165) is 29.6 Å². The highest BCUT2D eigenvalue weighted by molar-refractivity contribution is 9.10. The molecule has 0 aliphatic heterocycles. The Bertz CT molecular complexity index is 326. The van der Waals surface area contributed by atoms with Crippen LogP contribution < -0.4 is 10.1 Å². The molecular formula is C12H18BrNO. The molecule has 0 radical (unpaired) electrons. The van der Waals surface area contributed by atoms with E-state index >= 15 is 0 Å². The lowest BCUT2D eigenvalue weighted by molar-refractivity contribution is 0.406. The van der Waals surface area contributed by atoms with Crippen LogP contribution in [0.25, 0.3) is 0 Å².